The molecule has 0 radical (unpaired) electrons. The van der Waals surface area contributed by atoms with Gasteiger partial charge in [0.1, 0.15) is 5.82 Å². The molecule has 216 valence electrons. The molecular weight excluding hydrogens is 528 g/mol. The smallest absolute Gasteiger partial charge is 0.309 e. The van der Waals surface area contributed by atoms with E-state index in [0.717, 1.165) is 48.1 Å². The first-order valence-corrected chi connectivity index (χ1v) is 14.2. The minimum Gasteiger partial charge on any atom is -0.463 e. The Bertz CT molecular complexity index is 1330. The fourth-order valence-corrected chi connectivity index (χ4v) is 5.69. The van der Waals surface area contributed by atoms with E-state index in [2.05, 4.69) is 33.3 Å². The summed E-state index contributed by atoms with van der Waals surface area (Å²) in [6.45, 7) is 12.7. The van der Waals surface area contributed by atoms with Crippen LogP contribution in [-0.4, -0.2) is 47.2 Å². The highest BCUT2D eigenvalue weighted by molar-refractivity contribution is 6.31. The van der Waals surface area contributed by atoms with E-state index in [9.17, 15) is 9.59 Å². The van der Waals surface area contributed by atoms with E-state index in [4.69, 9.17) is 21.3 Å². The molecule has 1 aliphatic heterocycles. The molecule has 1 aliphatic carbocycles. The number of nitrogens with zero attached hydrogens (tertiary/aromatic N) is 4. The van der Waals surface area contributed by atoms with Crippen molar-refractivity contribution in [1.82, 2.24) is 20.0 Å². The third-order valence-corrected chi connectivity index (χ3v) is 7.41. The zero-order valence-electron chi connectivity index (χ0n) is 24.3. The normalized spacial score (nSPS) is 19.4. The molecule has 1 spiro atoms. The second kappa shape index (κ2) is 13.8. The van der Waals surface area contributed by atoms with Gasteiger partial charge in [-0.2, -0.15) is 0 Å². The minimum absolute atomic E-state index is 0.0964. The third-order valence-electron chi connectivity index (χ3n) is 7.18. The molecule has 0 saturated heterocycles. The lowest BCUT2D eigenvalue weighted by atomic mass is 9.66. The van der Waals surface area contributed by atoms with Crippen molar-refractivity contribution in [3.63, 3.8) is 0 Å². The van der Waals surface area contributed by atoms with E-state index < -0.39 is 0 Å². The lowest BCUT2D eigenvalue weighted by Crippen LogP contribution is -2.37. The van der Waals surface area contributed by atoms with Crippen LogP contribution in [0, 0.1) is 5.92 Å². The van der Waals surface area contributed by atoms with Crippen molar-refractivity contribution in [2.24, 2.45) is 5.92 Å². The Morgan fingerprint density at radius 2 is 1.93 bits per heavy atom. The Morgan fingerprint density at radius 1 is 1.25 bits per heavy atom. The number of halogens is 1. The molecule has 3 aromatic rings. The number of ether oxygens (including phenoxy) is 1. The van der Waals surface area contributed by atoms with Gasteiger partial charge in [0.15, 0.2) is 0 Å². The quantitative estimate of drug-likeness (QED) is 0.296. The van der Waals surface area contributed by atoms with Crippen molar-refractivity contribution in [2.75, 3.05) is 24.4 Å². The second-order valence-electron chi connectivity index (χ2n) is 10.0. The van der Waals surface area contributed by atoms with Gasteiger partial charge < -0.3 is 15.0 Å². The number of aromatic nitrogens is 3. The number of carbonyl (C=O) groups is 2. The average molecular weight is 569 g/mol. The lowest BCUT2D eigenvalue weighted by Gasteiger charge is -2.38. The Hall–Kier alpha value is -3.43. The number of imidazole rings is 1. The number of rotatable bonds is 6. The molecule has 40 heavy (non-hydrogen) atoms. The summed E-state index contributed by atoms with van der Waals surface area (Å²) in [6, 6.07) is 7.44. The first-order chi connectivity index (χ1) is 19.2. The third kappa shape index (κ3) is 6.15. The van der Waals surface area contributed by atoms with Crippen LogP contribution < -0.4 is 15.6 Å². The molecule has 2 aromatic heterocycles. The number of carbonyl (C=O) groups excluding carboxylic acids is 2. The zero-order chi connectivity index (χ0) is 29.4. The van der Waals surface area contributed by atoms with Gasteiger partial charge in [0.05, 0.1) is 41.5 Å². The van der Waals surface area contributed by atoms with E-state index >= 15 is 0 Å². The molecule has 3 heterocycles. The number of anilines is 1. The number of hydrogen-bond acceptors (Lipinski definition) is 7. The van der Waals surface area contributed by atoms with E-state index in [1.54, 1.807) is 16.8 Å². The van der Waals surface area contributed by atoms with Gasteiger partial charge in [0.2, 0.25) is 6.41 Å². The van der Waals surface area contributed by atoms with Crippen LogP contribution >= 0.6 is 11.6 Å². The zero-order valence-corrected chi connectivity index (χ0v) is 25.1. The Morgan fingerprint density at radius 3 is 2.55 bits per heavy atom. The number of benzene rings is 1. The molecule has 10 heteroatoms. The predicted octanol–water partition coefficient (Wildman–Crippen LogP) is 5.56. The molecule has 2 aliphatic rings. The van der Waals surface area contributed by atoms with Crippen LogP contribution in [0.3, 0.4) is 0 Å². The first kappa shape index (κ1) is 31.1. The predicted molar refractivity (Wildman–Crippen MR) is 161 cm³/mol. The fraction of sp³-hybridized carbons (Fsp3) is 0.467. The summed E-state index contributed by atoms with van der Waals surface area (Å²) in [6.07, 6.45) is 7.25. The van der Waals surface area contributed by atoms with Crippen LogP contribution in [0.25, 0.3) is 11.0 Å². The standard InChI is InChI=1S/C26H28ClN5O3.C2H7N.C2H6/c1-16(2)35-25(34)18-6-9-26(10-7-18)17(3)31(23-13-28-11-8-20(23)26)14-24-30-21-5-4-19(27)12-22(21)32(24)29-15-33;1-3-2;1-2/h4-5,8,11-13,15-16,18H,3,6-7,9-10,14H2,1-2H3,(H,29,33);3H,1-2H3;1-2H3. The molecule has 9 nitrogen and oxygen atoms in total. The Labute approximate surface area is 241 Å². The van der Waals surface area contributed by atoms with Gasteiger partial charge in [-0.25, -0.2) is 9.66 Å². The molecule has 5 rings (SSSR count). The highest BCUT2D eigenvalue weighted by Crippen LogP contribution is 2.55. The maximum atomic E-state index is 12.5. The Balaban J connectivity index is 0.000000827. The second-order valence-corrected chi connectivity index (χ2v) is 10.4. The van der Waals surface area contributed by atoms with Gasteiger partial charge in [0.25, 0.3) is 0 Å². The number of allylic oxidation sites excluding steroid dienone is 1. The fourth-order valence-electron chi connectivity index (χ4n) is 5.52. The molecule has 1 aromatic carbocycles. The number of amides is 1. The minimum atomic E-state index is -0.273. The Kier molecular flexibility index (Phi) is 10.7. The SMILES string of the molecule is C=C1N(Cc2nc3ccc(Cl)cc3n2NC=O)c2cnccc2C12CCC(C(=O)OC(C)C)CC2.CC.CNC. The molecule has 1 amide bonds. The van der Waals surface area contributed by atoms with Gasteiger partial charge in [-0.3, -0.25) is 20.0 Å². The van der Waals surface area contributed by atoms with E-state index in [0.29, 0.717) is 23.8 Å². The topological polar surface area (TPSA) is 101 Å². The van der Waals surface area contributed by atoms with Gasteiger partial charge in [0, 0.05) is 22.3 Å². The number of fused-ring (bicyclic) bond motifs is 3. The molecule has 0 bridgehead atoms. The van der Waals surface area contributed by atoms with Gasteiger partial charge in [-0.15, -0.1) is 0 Å². The van der Waals surface area contributed by atoms with Crippen molar-refractivity contribution in [2.45, 2.75) is 71.4 Å². The van der Waals surface area contributed by atoms with Crippen molar-refractivity contribution in [3.8, 4) is 0 Å². The summed E-state index contributed by atoms with van der Waals surface area (Å²) in [7, 11) is 3.75. The van der Waals surface area contributed by atoms with Gasteiger partial charge >= 0.3 is 5.97 Å². The van der Waals surface area contributed by atoms with Crippen LogP contribution in [0.1, 0.15) is 64.8 Å². The van der Waals surface area contributed by atoms with Gasteiger partial charge in [-0.1, -0.05) is 32.0 Å². The van der Waals surface area contributed by atoms with Gasteiger partial charge in [-0.05, 0) is 83.5 Å². The maximum absolute atomic E-state index is 12.5. The number of hydrogen-bond donors (Lipinski definition) is 2. The largest absolute Gasteiger partial charge is 0.463 e. The lowest BCUT2D eigenvalue weighted by molar-refractivity contribution is -0.153. The summed E-state index contributed by atoms with van der Waals surface area (Å²) >= 11 is 6.20. The van der Waals surface area contributed by atoms with Crippen LogP contribution in [-0.2, 0) is 26.3 Å². The summed E-state index contributed by atoms with van der Waals surface area (Å²) in [5, 5.41) is 3.31. The van der Waals surface area contributed by atoms with Crippen LogP contribution in [0.5, 0.6) is 0 Å². The van der Waals surface area contributed by atoms with E-state index in [1.165, 1.54) is 5.56 Å². The number of nitrogens with one attached hydrogen (secondary N) is 2. The molecule has 0 atom stereocenters. The van der Waals surface area contributed by atoms with Crippen LogP contribution in [0.2, 0.25) is 5.02 Å². The monoisotopic (exact) mass is 568 g/mol. The number of pyridine rings is 1. The summed E-state index contributed by atoms with van der Waals surface area (Å²) in [4.78, 5) is 35.2. The molecule has 1 fully saturated rings. The molecule has 1 saturated carbocycles. The van der Waals surface area contributed by atoms with Crippen molar-refractivity contribution < 1.29 is 14.3 Å². The summed E-state index contributed by atoms with van der Waals surface area (Å²) < 4.78 is 7.13. The molecule has 0 unspecified atom stereocenters. The maximum Gasteiger partial charge on any atom is 0.309 e. The van der Waals surface area contributed by atoms with Crippen molar-refractivity contribution in [3.05, 3.63) is 65.3 Å². The summed E-state index contributed by atoms with van der Waals surface area (Å²) in [5.41, 5.74) is 7.01. The van der Waals surface area contributed by atoms with Crippen molar-refractivity contribution in [1.29, 1.82) is 0 Å². The molecule has 2 N–H and O–H groups in total. The van der Waals surface area contributed by atoms with Crippen molar-refractivity contribution >= 4 is 40.7 Å². The average Bonchev–Trinajstić information content (AvgIpc) is 3.39. The van der Waals surface area contributed by atoms with Crippen LogP contribution in [0.15, 0.2) is 48.9 Å². The van der Waals surface area contributed by atoms with E-state index in [-0.39, 0.29) is 23.4 Å². The summed E-state index contributed by atoms with van der Waals surface area (Å²) in [5.74, 6) is 0.440. The first-order valence-electron chi connectivity index (χ1n) is 13.8. The highest BCUT2D eigenvalue weighted by atomic mass is 35.5. The highest BCUT2D eigenvalue weighted by Gasteiger charge is 2.49. The van der Waals surface area contributed by atoms with E-state index in [1.807, 2.05) is 60.3 Å². The molecular formula is C30H41ClN6O3. The van der Waals surface area contributed by atoms with Crippen LogP contribution in [0.4, 0.5) is 5.69 Å². The number of esters is 1.